The number of ether oxygens (including phenoxy) is 1. The molecule has 1 aromatic carbocycles. The van der Waals surface area contributed by atoms with E-state index in [1.165, 1.54) is 12.1 Å². The van der Waals surface area contributed by atoms with Gasteiger partial charge in [-0.3, -0.25) is 4.79 Å². The lowest BCUT2D eigenvalue weighted by Gasteiger charge is -2.39. The number of hydrogen-bond donors (Lipinski definition) is 0. The van der Waals surface area contributed by atoms with Crippen LogP contribution in [0.5, 0.6) is 0 Å². The van der Waals surface area contributed by atoms with E-state index in [9.17, 15) is 18.0 Å². The van der Waals surface area contributed by atoms with Crippen LogP contribution in [0.1, 0.15) is 43.7 Å². The number of amides is 1. The van der Waals surface area contributed by atoms with E-state index < -0.39 is 18.1 Å². The molecule has 40 heavy (non-hydrogen) atoms. The van der Waals surface area contributed by atoms with Gasteiger partial charge in [-0.2, -0.15) is 8.78 Å². The summed E-state index contributed by atoms with van der Waals surface area (Å²) in [6.07, 6.45) is 4.14. The van der Waals surface area contributed by atoms with E-state index in [1.807, 2.05) is 0 Å². The molecule has 1 amide bonds. The molecule has 0 saturated carbocycles. The maximum atomic E-state index is 14.2. The van der Waals surface area contributed by atoms with Gasteiger partial charge in [0.25, 0.3) is 5.89 Å². The van der Waals surface area contributed by atoms with E-state index >= 15 is 0 Å². The van der Waals surface area contributed by atoms with Gasteiger partial charge >= 0.3 is 6.43 Å². The topological polar surface area (TPSA) is 89.0 Å². The van der Waals surface area contributed by atoms with Gasteiger partial charge in [0.1, 0.15) is 11.5 Å². The van der Waals surface area contributed by atoms with Crippen molar-refractivity contribution in [1.29, 1.82) is 0 Å². The Hall–Kier alpha value is -3.77. The zero-order valence-electron chi connectivity index (χ0n) is 21.8. The molecule has 3 aromatic heterocycles. The smallest absolute Gasteiger partial charge is 0.314 e. The van der Waals surface area contributed by atoms with Crippen molar-refractivity contribution in [2.75, 3.05) is 31.2 Å². The lowest BCUT2D eigenvalue weighted by atomic mass is 9.92. The number of nitrogens with zero attached hydrogens (tertiary/aromatic N) is 6. The third kappa shape index (κ3) is 5.59. The number of hydrogen-bond acceptors (Lipinski definition) is 7. The molecule has 0 N–H and O–H groups in total. The molecule has 12 heteroatoms. The molecule has 6 rings (SSSR count). The molecule has 2 aliphatic rings. The van der Waals surface area contributed by atoms with E-state index in [1.54, 1.807) is 46.0 Å². The number of halogens is 3. The van der Waals surface area contributed by atoms with Gasteiger partial charge in [0, 0.05) is 48.8 Å². The van der Waals surface area contributed by atoms with Gasteiger partial charge in [0.15, 0.2) is 0 Å². The molecule has 0 spiro atoms. The summed E-state index contributed by atoms with van der Waals surface area (Å²) in [5, 5.41) is 7.07. The van der Waals surface area contributed by atoms with Crippen LogP contribution in [0.15, 0.2) is 53.2 Å². The minimum atomic E-state index is -2.86. The lowest BCUT2D eigenvalue weighted by molar-refractivity contribution is -0.124. The summed E-state index contributed by atoms with van der Waals surface area (Å²) in [7, 11) is 0. The van der Waals surface area contributed by atoms with Crippen LogP contribution in [0.4, 0.5) is 18.9 Å². The van der Waals surface area contributed by atoms with Crippen molar-refractivity contribution in [2.45, 2.75) is 44.7 Å². The van der Waals surface area contributed by atoms with Gasteiger partial charge in [0.2, 0.25) is 11.8 Å². The number of aromatic nitrogens is 4. The van der Waals surface area contributed by atoms with E-state index in [0.717, 1.165) is 52.0 Å². The maximum Gasteiger partial charge on any atom is 0.314 e. The summed E-state index contributed by atoms with van der Waals surface area (Å²) in [6, 6.07) is 9.83. The molecule has 0 aliphatic carbocycles. The van der Waals surface area contributed by atoms with Crippen LogP contribution >= 0.6 is 0 Å². The van der Waals surface area contributed by atoms with Crippen LogP contribution in [0.25, 0.3) is 17.1 Å². The predicted molar refractivity (Wildman–Crippen MR) is 139 cm³/mol. The maximum absolute atomic E-state index is 14.2. The first-order valence-corrected chi connectivity index (χ1v) is 13.4. The number of carbonyl (C=O) groups excluding carboxylic acids is 1. The van der Waals surface area contributed by atoms with Crippen molar-refractivity contribution < 1.29 is 27.1 Å². The molecule has 4 aromatic rings. The van der Waals surface area contributed by atoms with Gasteiger partial charge in [-0.25, -0.2) is 9.37 Å². The zero-order chi connectivity index (χ0) is 27.6. The Kier molecular flexibility index (Phi) is 7.53. The minimum absolute atomic E-state index is 0.0361. The van der Waals surface area contributed by atoms with E-state index in [4.69, 9.17) is 9.15 Å². The van der Waals surface area contributed by atoms with Gasteiger partial charge in [0.05, 0.1) is 12.2 Å². The Bertz CT molecular complexity index is 1480. The fraction of sp³-hybridized carbons (Fsp3) is 0.429. The van der Waals surface area contributed by atoms with Gasteiger partial charge < -0.3 is 23.4 Å². The van der Waals surface area contributed by atoms with Crippen LogP contribution in [-0.2, 0) is 16.1 Å². The first-order valence-electron chi connectivity index (χ1n) is 13.4. The molecule has 0 atom stereocenters. The van der Waals surface area contributed by atoms with Crippen molar-refractivity contribution in [3.05, 3.63) is 66.2 Å². The summed E-state index contributed by atoms with van der Waals surface area (Å²) in [5.74, 6) is -1.44. The molecule has 0 bridgehead atoms. The number of benzene rings is 1. The Morgan fingerprint density at radius 1 is 1.07 bits per heavy atom. The fourth-order valence-electron chi connectivity index (χ4n) is 5.57. The largest absolute Gasteiger partial charge is 0.415 e. The number of rotatable bonds is 7. The van der Waals surface area contributed by atoms with Crippen molar-refractivity contribution in [1.82, 2.24) is 24.5 Å². The molecule has 5 heterocycles. The van der Waals surface area contributed by atoms with Crippen LogP contribution in [0.3, 0.4) is 0 Å². The van der Waals surface area contributed by atoms with Gasteiger partial charge in [-0.15, -0.1) is 10.2 Å². The Morgan fingerprint density at radius 2 is 1.88 bits per heavy atom. The summed E-state index contributed by atoms with van der Waals surface area (Å²) in [6.45, 7) is 3.40. The molecule has 2 fully saturated rings. The molecule has 2 saturated heterocycles. The van der Waals surface area contributed by atoms with Crippen molar-refractivity contribution in [3.63, 3.8) is 0 Å². The third-order valence-corrected chi connectivity index (χ3v) is 7.68. The van der Waals surface area contributed by atoms with Gasteiger partial charge in [-0.1, -0.05) is 6.07 Å². The first kappa shape index (κ1) is 26.5. The highest BCUT2D eigenvalue weighted by molar-refractivity contribution is 5.95. The quantitative estimate of drug-likeness (QED) is 0.322. The number of anilines is 1. The van der Waals surface area contributed by atoms with Crippen LogP contribution in [0, 0.1) is 11.7 Å². The van der Waals surface area contributed by atoms with Crippen LogP contribution in [-0.4, -0.2) is 62.7 Å². The standard InChI is InChI=1S/C28H29F3N6O3/c29-20-2-1-3-23(15-20)37(28(38)18-4-9-35(10-5-18)22-7-12-39-13-8-22)17-21-16-36-11-6-19(14-24(36)32-21)26-33-34-27(40-26)25(30)31/h1-3,6,11,14-16,18,22,25H,4-5,7-10,12-13,17H2. The number of fused-ring (bicyclic) bond motifs is 1. The molecular formula is C28H29F3N6O3. The molecular weight excluding hydrogens is 525 g/mol. The number of alkyl halides is 2. The summed E-state index contributed by atoms with van der Waals surface area (Å²) in [5.41, 5.74) is 2.02. The summed E-state index contributed by atoms with van der Waals surface area (Å²) >= 11 is 0. The Balaban J connectivity index is 1.21. The summed E-state index contributed by atoms with van der Waals surface area (Å²) < 4.78 is 52.3. The van der Waals surface area contributed by atoms with Crippen molar-refractivity contribution in [3.8, 4) is 11.5 Å². The second kappa shape index (κ2) is 11.4. The van der Waals surface area contributed by atoms with Crippen molar-refractivity contribution >= 4 is 17.2 Å². The third-order valence-electron chi connectivity index (χ3n) is 7.68. The van der Waals surface area contributed by atoms with Gasteiger partial charge in [-0.05, 0) is 69.1 Å². The van der Waals surface area contributed by atoms with E-state index in [0.29, 0.717) is 28.6 Å². The summed E-state index contributed by atoms with van der Waals surface area (Å²) in [4.78, 5) is 22.6. The number of pyridine rings is 1. The zero-order valence-corrected chi connectivity index (χ0v) is 21.8. The minimum Gasteiger partial charge on any atom is -0.415 e. The average Bonchev–Trinajstić information content (AvgIpc) is 3.63. The number of carbonyl (C=O) groups is 1. The lowest BCUT2D eigenvalue weighted by Crippen LogP contribution is -2.47. The molecule has 2 aliphatic heterocycles. The highest BCUT2D eigenvalue weighted by Crippen LogP contribution is 2.29. The Morgan fingerprint density at radius 3 is 2.60 bits per heavy atom. The highest BCUT2D eigenvalue weighted by Gasteiger charge is 2.33. The van der Waals surface area contributed by atoms with Crippen LogP contribution < -0.4 is 4.90 Å². The normalized spacial score (nSPS) is 17.6. The second-order valence-corrected chi connectivity index (χ2v) is 10.2. The first-order chi connectivity index (χ1) is 19.4. The predicted octanol–water partition coefficient (Wildman–Crippen LogP) is 4.89. The molecule has 0 unspecified atom stereocenters. The van der Waals surface area contributed by atoms with E-state index in [-0.39, 0.29) is 24.3 Å². The fourth-order valence-corrected chi connectivity index (χ4v) is 5.57. The molecule has 0 radical (unpaired) electrons. The Labute approximate surface area is 228 Å². The van der Waals surface area contributed by atoms with E-state index in [2.05, 4.69) is 20.1 Å². The van der Waals surface area contributed by atoms with Crippen LogP contribution in [0.2, 0.25) is 0 Å². The number of piperidine rings is 1. The number of likely N-dealkylation sites (tertiary alicyclic amines) is 1. The number of imidazole rings is 1. The molecule has 9 nitrogen and oxygen atoms in total. The molecule has 210 valence electrons. The highest BCUT2D eigenvalue weighted by atomic mass is 19.3. The second-order valence-electron chi connectivity index (χ2n) is 10.2. The average molecular weight is 555 g/mol. The van der Waals surface area contributed by atoms with Crippen molar-refractivity contribution in [2.24, 2.45) is 5.92 Å². The monoisotopic (exact) mass is 554 g/mol. The SMILES string of the molecule is O=C(C1CCN(C2CCOCC2)CC1)N(Cc1cn2ccc(-c3nnc(C(F)F)o3)cc2n1)c1cccc(F)c1.